The third kappa shape index (κ3) is 3.25. The standard InChI is InChI=1S/C15H15ClO2/c1-11-3-2-4-13(7-11)10-18-15-6-5-12(9-17)8-14(15)16/h2-8,17H,9-10H2,1H3. The van der Waals surface area contributed by atoms with E-state index in [0.717, 1.165) is 11.1 Å². The summed E-state index contributed by atoms with van der Waals surface area (Å²) in [6.45, 7) is 2.52. The van der Waals surface area contributed by atoms with Gasteiger partial charge in [-0.1, -0.05) is 47.5 Å². The van der Waals surface area contributed by atoms with Crippen LogP contribution in [0.1, 0.15) is 16.7 Å². The Labute approximate surface area is 112 Å². The molecular weight excluding hydrogens is 248 g/mol. The highest BCUT2D eigenvalue weighted by atomic mass is 35.5. The Bertz CT molecular complexity index is 538. The average molecular weight is 263 g/mol. The molecule has 0 saturated heterocycles. The molecule has 0 amide bonds. The van der Waals surface area contributed by atoms with Crippen LogP contribution in [0.15, 0.2) is 42.5 Å². The third-order valence-corrected chi connectivity index (χ3v) is 2.95. The molecule has 0 bridgehead atoms. The number of benzene rings is 2. The van der Waals surface area contributed by atoms with Gasteiger partial charge in [-0.3, -0.25) is 0 Å². The van der Waals surface area contributed by atoms with E-state index in [0.29, 0.717) is 17.4 Å². The second-order valence-corrected chi connectivity index (χ2v) is 4.61. The Morgan fingerprint density at radius 2 is 1.94 bits per heavy atom. The van der Waals surface area contributed by atoms with Gasteiger partial charge in [-0.05, 0) is 30.2 Å². The molecule has 0 spiro atoms. The number of aryl methyl sites for hydroxylation is 1. The van der Waals surface area contributed by atoms with Crippen molar-refractivity contribution in [2.24, 2.45) is 0 Å². The summed E-state index contributed by atoms with van der Waals surface area (Å²) >= 11 is 6.07. The highest BCUT2D eigenvalue weighted by Crippen LogP contribution is 2.26. The molecule has 0 aliphatic carbocycles. The molecule has 2 nitrogen and oxygen atoms in total. The molecule has 0 fully saturated rings. The molecule has 1 N–H and O–H groups in total. The maximum atomic E-state index is 8.99. The lowest BCUT2D eigenvalue weighted by Gasteiger charge is -2.09. The van der Waals surface area contributed by atoms with E-state index in [4.69, 9.17) is 21.4 Å². The molecule has 2 aromatic rings. The molecule has 94 valence electrons. The molecule has 0 aliphatic rings. The molecule has 3 heteroatoms. The second-order valence-electron chi connectivity index (χ2n) is 4.20. The second kappa shape index (κ2) is 5.89. The summed E-state index contributed by atoms with van der Waals surface area (Å²) in [6, 6.07) is 13.4. The van der Waals surface area contributed by atoms with Crippen LogP contribution < -0.4 is 4.74 Å². The van der Waals surface area contributed by atoms with Crippen molar-refractivity contribution in [3.8, 4) is 5.75 Å². The molecular formula is C15H15ClO2. The third-order valence-electron chi connectivity index (χ3n) is 2.66. The lowest BCUT2D eigenvalue weighted by atomic mass is 10.1. The fraction of sp³-hybridized carbons (Fsp3) is 0.200. The van der Waals surface area contributed by atoms with E-state index < -0.39 is 0 Å². The van der Waals surface area contributed by atoms with Crippen LogP contribution in [-0.2, 0) is 13.2 Å². The van der Waals surface area contributed by atoms with Crippen LogP contribution >= 0.6 is 11.6 Å². The summed E-state index contributed by atoms with van der Waals surface area (Å²) in [5.74, 6) is 0.635. The van der Waals surface area contributed by atoms with Gasteiger partial charge in [0.1, 0.15) is 12.4 Å². The van der Waals surface area contributed by atoms with E-state index >= 15 is 0 Å². The summed E-state index contributed by atoms with van der Waals surface area (Å²) in [5.41, 5.74) is 3.10. The topological polar surface area (TPSA) is 29.5 Å². The Morgan fingerprint density at radius 3 is 2.61 bits per heavy atom. The minimum absolute atomic E-state index is 0.0160. The van der Waals surface area contributed by atoms with Gasteiger partial charge >= 0.3 is 0 Å². The molecule has 0 unspecified atom stereocenters. The van der Waals surface area contributed by atoms with Crippen LogP contribution in [0.25, 0.3) is 0 Å². The molecule has 0 saturated carbocycles. The first-order valence-corrected chi connectivity index (χ1v) is 6.14. The zero-order chi connectivity index (χ0) is 13.0. The number of rotatable bonds is 4. The van der Waals surface area contributed by atoms with Gasteiger partial charge in [0.2, 0.25) is 0 Å². The van der Waals surface area contributed by atoms with Crippen LogP contribution in [0.5, 0.6) is 5.75 Å². The monoisotopic (exact) mass is 262 g/mol. The normalized spacial score (nSPS) is 10.4. The predicted octanol–water partition coefficient (Wildman–Crippen LogP) is 3.72. The van der Waals surface area contributed by atoms with E-state index in [1.165, 1.54) is 5.56 Å². The Kier molecular flexibility index (Phi) is 4.24. The molecule has 18 heavy (non-hydrogen) atoms. The van der Waals surface area contributed by atoms with E-state index in [-0.39, 0.29) is 6.61 Å². The Balaban J connectivity index is 2.06. The number of aliphatic hydroxyl groups is 1. The van der Waals surface area contributed by atoms with Crippen LogP contribution in [-0.4, -0.2) is 5.11 Å². The van der Waals surface area contributed by atoms with Gasteiger partial charge in [-0.25, -0.2) is 0 Å². The molecule has 0 heterocycles. The number of aliphatic hydroxyl groups excluding tert-OH is 1. The first kappa shape index (κ1) is 12.9. The summed E-state index contributed by atoms with van der Waals surface area (Å²) in [5, 5.41) is 9.51. The summed E-state index contributed by atoms with van der Waals surface area (Å²) in [6.07, 6.45) is 0. The first-order valence-electron chi connectivity index (χ1n) is 5.76. The fourth-order valence-corrected chi connectivity index (χ4v) is 1.98. The van der Waals surface area contributed by atoms with Gasteiger partial charge in [0.05, 0.1) is 11.6 Å². The number of halogens is 1. The van der Waals surface area contributed by atoms with Crippen LogP contribution in [0.4, 0.5) is 0 Å². The van der Waals surface area contributed by atoms with Crippen LogP contribution in [0.3, 0.4) is 0 Å². The lowest BCUT2D eigenvalue weighted by Crippen LogP contribution is -1.96. The Hall–Kier alpha value is -1.51. The number of hydrogen-bond acceptors (Lipinski definition) is 2. The predicted molar refractivity (Wildman–Crippen MR) is 72.9 cm³/mol. The van der Waals surface area contributed by atoms with E-state index in [2.05, 4.69) is 6.07 Å². The average Bonchev–Trinajstić information content (AvgIpc) is 2.37. The van der Waals surface area contributed by atoms with Crippen molar-refractivity contribution in [3.05, 3.63) is 64.2 Å². The van der Waals surface area contributed by atoms with Crippen molar-refractivity contribution >= 4 is 11.6 Å². The molecule has 2 rings (SSSR count). The fourth-order valence-electron chi connectivity index (χ4n) is 1.72. The van der Waals surface area contributed by atoms with E-state index in [9.17, 15) is 0 Å². The van der Waals surface area contributed by atoms with Gasteiger partial charge < -0.3 is 9.84 Å². The number of ether oxygens (including phenoxy) is 1. The quantitative estimate of drug-likeness (QED) is 0.910. The van der Waals surface area contributed by atoms with Gasteiger partial charge in [-0.2, -0.15) is 0 Å². The van der Waals surface area contributed by atoms with Crippen molar-refractivity contribution in [1.82, 2.24) is 0 Å². The molecule has 0 aliphatic heterocycles. The highest BCUT2D eigenvalue weighted by molar-refractivity contribution is 6.32. The van der Waals surface area contributed by atoms with Crippen molar-refractivity contribution in [2.75, 3.05) is 0 Å². The zero-order valence-electron chi connectivity index (χ0n) is 10.2. The van der Waals surface area contributed by atoms with Crippen molar-refractivity contribution < 1.29 is 9.84 Å². The molecule has 0 radical (unpaired) electrons. The van der Waals surface area contributed by atoms with Crippen LogP contribution in [0, 0.1) is 6.92 Å². The van der Waals surface area contributed by atoms with Gasteiger partial charge in [0, 0.05) is 0 Å². The smallest absolute Gasteiger partial charge is 0.138 e. The lowest BCUT2D eigenvalue weighted by molar-refractivity contribution is 0.281. The van der Waals surface area contributed by atoms with Crippen molar-refractivity contribution in [1.29, 1.82) is 0 Å². The minimum Gasteiger partial charge on any atom is -0.487 e. The maximum absolute atomic E-state index is 8.99. The minimum atomic E-state index is -0.0160. The molecule has 0 aromatic heterocycles. The van der Waals surface area contributed by atoms with Gasteiger partial charge in [0.15, 0.2) is 0 Å². The maximum Gasteiger partial charge on any atom is 0.138 e. The molecule has 0 atom stereocenters. The van der Waals surface area contributed by atoms with E-state index in [1.54, 1.807) is 18.2 Å². The summed E-state index contributed by atoms with van der Waals surface area (Å²) < 4.78 is 5.66. The Morgan fingerprint density at radius 1 is 1.11 bits per heavy atom. The number of hydrogen-bond donors (Lipinski definition) is 1. The van der Waals surface area contributed by atoms with Crippen molar-refractivity contribution in [3.63, 3.8) is 0 Å². The molecule has 2 aromatic carbocycles. The van der Waals surface area contributed by atoms with Gasteiger partial charge in [0.25, 0.3) is 0 Å². The SMILES string of the molecule is Cc1cccc(COc2ccc(CO)cc2Cl)c1. The first-order chi connectivity index (χ1) is 8.69. The highest BCUT2D eigenvalue weighted by Gasteiger charge is 2.03. The largest absolute Gasteiger partial charge is 0.487 e. The summed E-state index contributed by atoms with van der Waals surface area (Å²) in [4.78, 5) is 0. The van der Waals surface area contributed by atoms with E-state index in [1.807, 2.05) is 25.1 Å². The van der Waals surface area contributed by atoms with Gasteiger partial charge in [-0.15, -0.1) is 0 Å². The van der Waals surface area contributed by atoms with Crippen molar-refractivity contribution in [2.45, 2.75) is 20.1 Å². The van der Waals surface area contributed by atoms with Crippen LogP contribution in [0.2, 0.25) is 5.02 Å². The zero-order valence-corrected chi connectivity index (χ0v) is 10.9. The summed E-state index contributed by atoms with van der Waals surface area (Å²) in [7, 11) is 0.